The normalized spacial score (nSPS) is 13.3. The van der Waals surface area contributed by atoms with Crippen LogP contribution in [-0.4, -0.2) is 5.91 Å². The number of nitrogens with one attached hydrogen (secondary N) is 1. The summed E-state index contributed by atoms with van der Waals surface area (Å²) in [5.74, 6) is -2.06. The van der Waals surface area contributed by atoms with Crippen LogP contribution in [0.15, 0.2) is 22.7 Å². The highest BCUT2D eigenvalue weighted by atomic mass is 79.9. The summed E-state index contributed by atoms with van der Waals surface area (Å²) >= 11 is 4.40. The number of anilines is 1. The van der Waals surface area contributed by atoms with E-state index in [1.54, 1.807) is 0 Å². The van der Waals surface area contributed by atoms with Crippen molar-refractivity contribution in [3.05, 3.63) is 49.6 Å². The van der Waals surface area contributed by atoms with Crippen molar-refractivity contribution < 1.29 is 13.6 Å². The molecule has 0 radical (unpaired) electrons. The Labute approximate surface area is 126 Å². The van der Waals surface area contributed by atoms with E-state index < -0.39 is 23.2 Å². The maximum Gasteiger partial charge on any atom is 0.265 e. The minimum absolute atomic E-state index is 0.292. The van der Waals surface area contributed by atoms with E-state index in [-0.39, 0.29) is 0 Å². The molecule has 1 aliphatic carbocycles. The van der Waals surface area contributed by atoms with Crippen LogP contribution in [0.5, 0.6) is 0 Å². The smallest absolute Gasteiger partial charge is 0.265 e. The number of amides is 1. The van der Waals surface area contributed by atoms with Gasteiger partial charge in [-0.15, -0.1) is 11.3 Å². The summed E-state index contributed by atoms with van der Waals surface area (Å²) in [6.45, 7) is 0. The second-order valence-corrected chi connectivity index (χ2v) is 6.66. The minimum atomic E-state index is -0.797. The van der Waals surface area contributed by atoms with Crippen LogP contribution in [0, 0.1) is 11.6 Å². The summed E-state index contributed by atoms with van der Waals surface area (Å²) in [5.41, 5.74) is 0.767. The Hall–Kier alpha value is -1.27. The van der Waals surface area contributed by atoms with Crippen molar-refractivity contribution in [2.75, 3.05) is 5.32 Å². The molecule has 0 bridgehead atoms. The number of aryl methyl sites for hydroxylation is 2. The van der Waals surface area contributed by atoms with Gasteiger partial charge in [-0.2, -0.15) is 0 Å². The zero-order valence-corrected chi connectivity index (χ0v) is 12.7. The van der Waals surface area contributed by atoms with Gasteiger partial charge in [0.2, 0.25) is 0 Å². The van der Waals surface area contributed by atoms with Crippen molar-refractivity contribution >= 4 is 38.9 Å². The van der Waals surface area contributed by atoms with Gasteiger partial charge in [-0.1, -0.05) is 15.9 Å². The highest BCUT2D eigenvalue weighted by molar-refractivity contribution is 9.10. The van der Waals surface area contributed by atoms with Gasteiger partial charge >= 0.3 is 0 Å². The maximum absolute atomic E-state index is 13.7. The van der Waals surface area contributed by atoms with Gasteiger partial charge < -0.3 is 5.32 Å². The van der Waals surface area contributed by atoms with E-state index in [2.05, 4.69) is 21.2 Å². The van der Waals surface area contributed by atoms with Crippen LogP contribution in [0.2, 0.25) is 0 Å². The van der Waals surface area contributed by atoms with Crippen LogP contribution in [0.4, 0.5) is 14.5 Å². The molecule has 1 heterocycles. The third-order valence-corrected chi connectivity index (χ3v) is 4.91. The molecule has 0 aliphatic heterocycles. The highest BCUT2D eigenvalue weighted by Gasteiger charge is 2.20. The number of carbonyl (C=O) groups is 1. The molecule has 6 heteroatoms. The van der Waals surface area contributed by atoms with Crippen molar-refractivity contribution in [3.8, 4) is 0 Å². The molecule has 0 spiro atoms. The lowest BCUT2D eigenvalue weighted by atomic mass is 10.2. The molecule has 1 aromatic carbocycles. The lowest BCUT2D eigenvalue weighted by Gasteiger charge is -2.07. The molecule has 2 nitrogen and oxygen atoms in total. The fraction of sp³-hybridized carbons (Fsp3) is 0.214. The topological polar surface area (TPSA) is 29.1 Å². The lowest BCUT2D eigenvalue weighted by molar-refractivity contribution is 0.102. The van der Waals surface area contributed by atoms with Crippen molar-refractivity contribution in [2.24, 2.45) is 0 Å². The average Bonchev–Trinajstić information content (AvgIpc) is 2.93. The molecule has 0 saturated heterocycles. The first kappa shape index (κ1) is 13.7. The third-order valence-electron chi connectivity index (χ3n) is 3.22. The number of fused-ring (bicyclic) bond motifs is 1. The average molecular weight is 358 g/mol. The van der Waals surface area contributed by atoms with Gasteiger partial charge in [-0.25, -0.2) is 8.78 Å². The highest BCUT2D eigenvalue weighted by Crippen LogP contribution is 2.31. The summed E-state index contributed by atoms with van der Waals surface area (Å²) in [6, 6.07) is 4.05. The molecule has 1 N–H and O–H groups in total. The van der Waals surface area contributed by atoms with E-state index in [1.807, 2.05) is 6.07 Å². The quantitative estimate of drug-likeness (QED) is 0.840. The molecular formula is C14H10BrF2NOS. The fourth-order valence-corrected chi connectivity index (χ4v) is 3.83. The number of halogens is 3. The summed E-state index contributed by atoms with van der Waals surface area (Å²) in [6.07, 6.45) is 3.06. The molecular weight excluding hydrogens is 348 g/mol. The molecule has 1 aliphatic rings. The number of benzene rings is 1. The van der Waals surface area contributed by atoms with Gasteiger partial charge in [0.15, 0.2) is 11.6 Å². The first-order chi connectivity index (χ1) is 9.54. The van der Waals surface area contributed by atoms with Crippen molar-refractivity contribution in [2.45, 2.75) is 19.3 Å². The van der Waals surface area contributed by atoms with Crippen LogP contribution in [0.3, 0.4) is 0 Å². The molecule has 0 fully saturated rings. The summed E-state index contributed by atoms with van der Waals surface area (Å²) in [4.78, 5) is 13.8. The van der Waals surface area contributed by atoms with Crippen molar-refractivity contribution in [3.63, 3.8) is 0 Å². The molecule has 3 rings (SSSR count). The van der Waals surface area contributed by atoms with Crippen molar-refractivity contribution in [1.29, 1.82) is 0 Å². The van der Waals surface area contributed by atoms with E-state index in [1.165, 1.54) is 21.8 Å². The van der Waals surface area contributed by atoms with Gasteiger partial charge in [-0.05, 0) is 43.0 Å². The van der Waals surface area contributed by atoms with E-state index in [0.29, 0.717) is 9.35 Å². The monoisotopic (exact) mass is 357 g/mol. The fourth-order valence-electron chi connectivity index (χ4n) is 2.28. The first-order valence-electron chi connectivity index (χ1n) is 6.12. The molecule has 0 unspecified atom stereocenters. The summed E-state index contributed by atoms with van der Waals surface area (Å²) in [7, 11) is 0. The Balaban J connectivity index is 1.85. The number of hydrogen-bond donors (Lipinski definition) is 1. The molecule has 20 heavy (non-hydrogen) atoms. The van der Waals surface area contributed by atoms with Crippen molar-refractivity contribution in [1.82, 2.24) is 0 Å². The summed E-state index contributed by atoms with van der Waals surface area (Å²) in [5, 5.41) is 2.31. The van der Waals surface area contributed by atoms with Crippen LogP contribution in [0.25, 0.3) is 0 Å². The SMILES string of the molecule is O=C(Nc1c(F)cc(Br)cc1F)c1cc2c(s1)CCC2. The number of hydrogen-bond acceptors (Lipinski definition) is 2. The Morgan fingerprint density at radius 3 is 2.55 bits per heavy atom. The number of thiophene rings is 1. The standard InChI is InChI=1S/C14H10BrF2NOS/c15-8-5-9(16)13(10(17)6-8)18-14(19)12-4-7-2-1-3-11(7)20-12/h4-6H,1-3H2,(H,18,19). The molecule has 0 saturated carbocycles. The maximum atomic E-state index is 13.7. The summed E-state index contributed by atoms with van der Waals surface area (Å²) < 4.78 is 27.6. The number of rotatable bonds is 2. The number of carbonyl (C=O) groups excluding carboxylic acids is 1. The molecule has 104 valence electrons. The molecule has 1 amide bonds. The van der Waals surface area contributed by atoms with Crippen LogP contribution < -0.4 is 5.32 Å². The Bertz CT molecular complexity index is 654. The van der Waals surface area contributed by atoms with Crippen LogP contribution >= 0.6 is 27.3 Å². The van der Waals surface area contributed by atoms with E-state index >= 15 is 0 Å². The van der Waals surface area contributed by atoms with Crippen LogP contribution in [-0.2, 0) is 12.8 Å². The lowest BCUT2D eigenvalue weighted by Crippen LogP contribution is -2.13. The predicted octanol–water partition coefficient (Wildman–Crippen LogP) is 4.53. The van der Waals surface area contributed by atoms with Gasteiger partial charge in [0.05, 0.1) is 4.88 Å². The molecule has 0 atom stereocenters. The zero-order chi connectivity index (χ0) is 14.3. The van der Waals surface area contributed by atoms with Gasteiger partial charge in [0.25, 0.3) is 5.91 Å². The molecule has 2 aromatic rings. The van der Waals surface area contributed by atoms with E-state index in [0.717, 1.165) is 31.4 Å². The Morgan fingerprint density at radius 2 is 1.90 bits per heavy atom. The Morgan fingerprint density at radius 1 is 1.20 bits per heavy atom. The molecule has 1 aromatic heterocycles. The van der Waals surface area contributed by atoms with Gasteiger partial charge in [0.1, 0.15) is 5.69 Å². The zero-order valence-electron chi connectivity index (χ0n) is 10.3. The van der Waals surface area contributed by atoms with Gasteiger partial charge in [0, 0.05) is 9.35 Å². The Kier molecular flexibility index (Phi) is 3.60. The first-order valence-corrected chi connectivity index (χ1v) is 7.73. The third kappa shape index (κ3) is 2.50. The second kappa shape index (κ2) is 5.26. The minimum Gasteiger partial charge on any atom is -0.316 e. The van der Waals surface area contributed by atoms with E-state index in [9.17, 15) is 13.6 Å². The second-order valence-electron chi connectivity index (χ2n) is 4.61. The van der Waals surface area contributed by atoms with Gasteiger partial charge in [-0.3, -0.25) is 4.79 Å². The van der Waals surface area contributed by atoms with Crippen LogP contribution in [0.1, 0.15) is 26.5 Å². The van der Waals surface area contributed by atoms with E-state index in [4.69, 9.17) is 0 Å². The predicted molar refractivity (Wildman–Crippen MR) is 78.4 cm³/mol. The largest absolute Gasteiger partial charge is 0.316 e.